The van der Waals surface area contributed by atoms with Crippen LogP contribution in [0.2, 0.25) is 10.0 Å². The van der Waals surface area contributed by atoms with E-state index in [1.807, 2.05) is 0 Å². The zero-order valence-electron chi connectivity index (χ0n) is 11.8. The van der Waals surface area contributed by atoms with Crippen LogP contribution in [0.5, 0.6) is 5.75 Å². The Morgan fingerprint density at radius 2 is 1.91 bits per heavy atom. The number of nitrogens with one attached hydrogen (secondary N) is 1. The molecule has 0 aliphatic carbocycles. The van der Waals surface area contributed by atoms with Gasteiger partial charge in [0.05, 0.1) is 0 Å². The fourth-order valence-corrected chi connectivity index (χ4v) is 2.24. The van der Waals surface area contributed by atoms with Crippen LogP contribution in [0.15, 0.2) is 42.5 Å². The fourth-order valence-electron chi connectivity index (χ4n) is 1.76. The number of ether oxygens (including phenoxy) is 1. The number of amides is 1. The van der Waals surface area contributed by atoms with Crippen molar-refractivity contribution in [3.8, 4) is 5.75 Å². The summed E-state index contributed by atoms with van der Waals surface area (Å²) < 4.78 is 18.2. The topological polar surface area (TPSA) is 38.3 Å². The molecule has 0 spiro atoms. The molecule has 1 N–H and O–H groups in total. The first kappa shape index (κ1) is 16.6. The molecule has 0 radical (unpaired) electrons. The summed E-state index contributed by atoms with van der Waals surface area (Å²) in [6, 6.07) is 10.5. The predicted octanol–water partition coefficient (Wildman–Crippen LogP) is 4.22. The molecule has 0 unspecified atom stereocenters. The summed E-state index contributed by atoms with van der Waals surface area (Å²) in [5, 5.41) is 3.75. The van der Waals surface area contributed by atoms with Gasteiger partial charge in [0.1, 0.15) is 11.6 Å². The maximum atomic E-state index is 12.8. The lowest BCUT2D eigenvalue weighted by Gasteiger charge is -2.15. The lowest BCUT2D eigenvalue weighted by molar-refractivity contribution is -0.127. The molecule has 0 fully saturated rings. The summed E-state index contributed by atoms with van der Waals surface area (Å²) in [7, 11) is 0. The Labute approximate surface area is 138 Å². The highest BCUT2D eigenvalue weighted by atomic mass is 35.5. The Hall–Kier alpha value is -1.78. The molecule has 22 heavy (non-hydrogen) atoms. The predicted molar refractivity (Wildman–Crippen MR) is 84.8 cm³/mol. The number of benzene rings is 2. The van der Waals surface area contributed by atoms with Crippen LogP contribution in [-0.2, 0) is 11.3 Å². The van der Waals surface area contributed by atoms with E-state index in [1.54, 1.807) is 25.1 Å². The average molecular weight is 342 g/mol. The SMILES string of the molecule is C[C@H](Oc1ccc(F)cc1)C(=O)NCc1ccc(Cl)cc1Cl. The van der Waals surface area contributed by atoms with Crippen molar-refractivity contribution in [2.45, 2.75) is 19.6 Å². The van der Waals surface area contributed by atoms with Gasteiger partial charge in [-0.05, 0) is 48.9 Å². The monoisotopic (exact) mass is 341 g/mol. The van der Waals surface area contributed by atoms with Gasteiger partial charge >= 0.3 is 0 Å². The van der Waals surface area contributed by atoms with Gasteiger partial charge < -0.3 is 10.1 Å². The molecule has 0 bridgehead atoms. The third-order valence-electron chi connectivity index (χ3n) is 2.96. The number of rotatable bonds is 5. The van der Waals surface area contributed by atoms with Crippen molar-refractivity contribution in [1.82, 2.24) is 5.32 Å². The first-order chi connectivity index (χ1) is 10.5. The van der Waals surface area contributed by atoms with Crippen molar-refractivity contribution in [3.63, 3.8) is 0 Å². The number of hydrogen-bond donors (Lipinski definition) is 1. The van der Waals surface area contributed by atoms with Gasteiger partial charge in [-0.3, -0.25) is 4.79 Å². The molecule has 2 aromatic rings. The van der Waals surface area contributed by atoms with E-state index in [1.165, 1.54) is 24.3 Å². The largest absolute Gasteiger partial charge is 0.481 e. The Morgan fingerprint density at radius 1 is 1.23 bits per heavy atom. The van der Waals surface area contributed by atoms with Crippen LogP contribution in [-0.4, -0.2) is 12.0 Å². The maximum absolute atomic E-state index is 12.8. The molecule has 6 heteroatoms. The number of carbonyl (C=O) groups excluding carboxylic acids is 1. The highest BCUT2D eigenvalue weighted by Gasteiger charge is 2.15. The van der Waals surface area contributed by atoms with E-state index in [9.17, 15) is 9.18 Å². The molecular formula is C16H14Cl2FNO2. The van der Waals surface area contributed by atoms with Crippen molar-refractivity contribution >= 4 is 29.1 Å². The van der Waals surface area contributed by atoms with Gasteiger partial charge in [0, 0.05) is 16.6 Å². The summed E-state index contributed by atoms with van der Waals surface area (Å²) in [4.78, 5) is 12.0. The first-order valence-electron chi connectivity index (χ1n) is 6.59. The summed E-state index contributed by atoms with van der Waals surface area (Å²) in [6.45, 7) is 1.88. The zero-order valence-corrected chi connectivity index (χ0v) is 13.3. The molecule has 2 rings (SSSR count). The minimum Gasteiger partial charge on any atom is -0.481 e. The summed E-state index contributed by atoms with van der Waals surface area (Å²) >= 11 is 11.8. The second-order valence-electron chi connectivity index (χ2n) is 4.67. The van der Waals surface area contributed by atoms with Crippen LogP contribution in [0.1, 0.15) is 12.5 Å². The molecule has 0 aliphatic heterocycles. The number of carbonyl (C=O) groups is 1. The summed E-state index contributed by atoms with van der Waals surface area (Å²) in [5.41, 5.74) is 0.758. The van der Waals surface area contributed by atoms with E-state index in [-0.39, 0.29) is 18.3 Å². The molecule has 0 saturated heterocycles. The smallest absolute Gasteiger partial charge is 0.261 e. The van der Waals surface area contributed by atoms with Crippen LogP contribution < -0.4 is 10.1 Å². The molecule has 0 aliphatic rings. The Morgan fingerprint density at radius 3 is 2.55 bits per heavy atom. The lowest BCUT2D eigenvalue weighted by Crippen LogP contribution is -2.35. The van der Waals surface area contributed by atoms with E-state index >= 15 is 0 Å². The Kier molecular flexibility index (Phi) is 5.63. The van der Waals surface area contributed by atoms with E-state index in [2.05, 4.69) is 5.32 Å². The van der Waals surface area contributed by atoms with Gasteiger partial charge in [-0.2, -0.15) is 0 Å². The lowest BCUT2D eigenvalue weighted by atomic mass is 10.2. The molecule has 0 heterocycles. The van der Waals surface area contributed by atoms with Crippen molar-refractivity contribution in [3.05, 3.63) is 63.9 Å². The summed E-state index contributed by atoms with van der Waals surface area (Å²) in [6.07, 6.45) is -0.712. The normalized spacial score (nSPS) is 11.8. The van der Waals surface area contributed by atoms with Crippen LogP contribution in [0.25, 0.3) is 0 Å². The minimum absolute atomic E-state index is 0.270. The fraction of sp³-hybridized carbons (Fsp3) is 0.188. The van der Waals surface area contributed by atoms with Crippen LogP contribution in [0, 0.1) is 5.82 Å². The van der Waals surface area contributed by atoms with Crippen LogP contribution in [0.4, 0.5) is 4.39 Å². The second-order valence-corrected chi connectivity index (χ2v) is 5.51. The van der Waals surface area contributed by atoms with Crippen LogP contribution in [0.3, 0.4) is 0 Å². The van der Waals surface area contributed by atoms with Gasteiger partial charge in [0.25, 0.3) is 5.91 Å². The molecule has 0 saturated carbocycles. The Bertz CT molecular complexity index is 662. The average Bonchev–Trinajstić information content (AvgIpc) is 2.48. The molecule has 2 aromatic carbocycles. The van der Waals surface area contributed by atoms with Crippen molar-refractivity contribution in [2.75, 3.05) is 0 Å². The Balaban J connectivity index is 1.89. The molecule has 0 aromatic heterocycles. The van der Waals surface area contributed by atoms with Crippen molar-refractivity contribution in [2.24, 2.45) is 0 Å². The van der Waals surface area contributed by atoms with E-state index in [4.69, 9.17) is 27.9 Å². The van der Waals surface area contributed by atoms with Gasteiger partial charge in [-0.25, -0.2) is 4.39 Å². The number of halogens is 3. The van der Waals surface area contributed by atoms with E-state index < -0.39 is 6.10 Å². The highest BCUT2D eigenvalue weighted by molar-refractivity contribution is 6.35. The van der Waals surface area contributed by atoms with Gasteiger partial charge in [0.2, 0.25) is 0 Å². The maximum Gasteiger partial charge on any atom is 0.261 e. The molecule has 116 valence electrons. The van der Waals surface area contributed by atoms with E-state index in [0.29, 0.717) is 15.8 Å². The minimum atomic E-state index is -0.712. The molecular weight excluding hydrogens is 328 g/mol. The zero-order chi connectivity index (χ0) is 16.1. The van der Waals surface area contributed by atoms with Gasteiger partial charge in [-0.1, -0.05) is 29.3 Å². The van der Waals surface area contributed by atoms with E-state index in [0.717, 1.165) is 5.56 Å². The second kappa shape index (κ2) is 7.47. The molecule has 3 nitrogen and oxygen atoms in total. The standard InChI is InChI=1S/C16H14Cl2FNO2/c1-10(22-14-6-4-13(19)5-7-14)16(21)20-9-11-2-3-12(17)8-15(11)18/h2-8,10H,9H2,1H3,(H,20,21)/t10-/m0/s1. The molecule has 1 atom stereocenters. The molecule has 1 amide bonds. The van der Waals surface area contributed by atoms with Gasteiger partial charge in [-0.15, -0.1) is 0 Å². The van der Waals surface area contributed by atoms with Crippen LogP contribution >= 0.6 is 23.2 Å². The first-order valence-corrected chi connectivity index (χ1v) is 7.35. The number of hydrogen-bond acceptors (Lipinski definition) is 2. The summed E-state index contributed by atoms with van der Waals surface area (Å²) in [5.74, 6) is -0.231. The third kappa shape index (κ3) is 4.61. The van der Waals surface area contributed by atoms with Crippen molar-refractivity contribution < 1.29 is 13.9 Å². The highest BCUT2D eigenvalue weighted by Crippen LogP contribution is 2.20. The quantitative estimate of drug-likeness (QED) is 0.884. The van der Waals surface area contributed by atoms with Gasteiger partial charge in [0.15, 0.2) is 6.10 Å². The van der Waals surface area contributed by atoms with Crippen molar-refractivity contribution in [1.29, 1.82) is 0 Å². The third-order valence-corrected chi connectivity index (χ3v) is 3.55.